The SMILES string of the molecule is CCCC(=O)OC(=O)C(CC)CCC. The Kier molecular flexibility index (Phi) is 7.07. The van der Waals surface area contributed by atoms with Crippen LogP contribution >= 0.6 is 0 Å². The molecule has 0 aliphatic rings. The summed E-state index contributed by atoms with van der Waals surface area (Å²) in [4.78, 5) is 22.4. The van der Waals surface area contributed by atoms with Crippen LogP contribution in [-0.4, -0.2) is 11.9 Å². The highest BCUT2D eigenvalue weighted by atomic mass is 16.6. The summed E-state index contributed by atoms with van der Waals surface area (Å²) in [6, 6.07) is 0. The molecule has 0 fully saturated rings. The summed E-state index contributed by atoms with van der Waals surface area (Å²) < 4.78 is 4.72. The Hall–Kier alpha value is -0.860. The maximum absolute atomic E-state index is 11.4. The van der Waals surface area contributed by atoms with E-state index >= 15 is 0 Å². The molecule has 3 nitrogen and oxygen atoms in total. The summed E-state index contributed by atoms with van der Waals surface area (Å²) in [5.41, 5.74) is 0. The largest absolute Gasteiger partial charge is 0.393 e. The van der Waals surface area contributed by atoms with Gasteiger partial charge >= 0.3 is 11.9 Å². The second-order valence-electron chi connectivity index (χ2n) is 3.44. The smallest absolute Gasteiger partial charge is 0.316 e. The van der Waals surface area contributed by atoms with Crippen molar-refractivity contribution in [1.82, 2.24) is 0 Å². The number of carbonyl (C=O) groups excluding carboxylic acids is 2. The average molecular weight is 200 g/mol. The van der Waals surface area contributed by atoms with Crippen LogP contribution in [0.4, 0.5) is 0 Å². The highest BCUT2D eigenvalue weighted by molar-refractivity contribution is 5.86. The Morgan fingerprint density at radius 3 is 2.21 bits per heavy atom. The van der Waals surface area contributed by atoms with Crippen LogP contribution in [0, 0.1) is 5.92 Å². The van der Waals surface area contributed by atoms with Gasteiger partial charge in [0.1, 0.15) is 0 Å². The number of hydrogen-bond donors (Lipinski definition) is 0. The average Bonchev–Trinajstić information content (AvgIpc) is 2.14. The van der Waals surface area contributed by atoms with Crippen molar-refractivity contribution in [3.05, 3.63) is 0 Å². The summed E-state index contributed by atoms with van der Waals surface area (Å²) in [5, 5.41) is 0. The lowest BCUT2D eigenvalue weighted by molar-refractivity contribution is -0.162. The molecule has 0 heterocycles. The molecule has 0 saturated heterocycles. The van der Waals surface area contributed by atoms with Gasteiger partial charge in [-0.05, 0) is 19.3 Å². The van der Waals surface area contributed by atoms with Crippen molar-refractivity contribution in [2.24, 2.45) is 5.92 Å². The second kappa shape index (κ2) is 7.54. The van der Waals surface area contributed by atoms with Gasteiger partial charge in [-0.3, -0.25) is 9.59 Å². The number of hydrogen-bond acceptors (Lipinski definition) is 3. The minimum atomic E-state index is -0.396. The number of carbonyl (C=O) groups is 2. The van der Waals surface area contributed by atoms with Crippen molar-refractivity contribution < 1.29 is 14.3 Å². The first-order chi connectivity index (χ1) is 6.65. The number of rotatable bonds is 6. The summed E-state index contributed by atoms with van der Waals surface area (Å²) in [6.45, 7) is 5.84. The predicted molar refractivity (Wildman–Crippen MR) is 54.7 cm³/mol. The van der Waals surface area contributed by atoms with Gasteiger partial charge in [-0.1, -0.05) is 27.2 Å². The minimum Gasteiger partial charge on any atom is -0.393 e. The molecule has 0 aliphatic carbocycles. The lowest BCUT2D eigenvalue weighted by atomic mass is 10.0. The van der Waals surface area contributed by atoms with Gasteiger partial charge in [0, 0.05) is 6.42 Å². The molecule has 0 bridgehead atoms. The maximum atomic E-state index is 11.4. The van der Waals surface area contributed by atoms with Crippen molar-refractivity contribution in [2.75, 3.05) is 0 Å². The topological polar surface area (TPSA) is 43.4 Å². The maximum Gasteiger partial charge on any atom is 0.316 e. The molecule has 14 heavy (non-hydrogen) atoms. The molecule has 0 aromatic carbocycles. The molecular formula is C11H20O3. The third-order valence-electron chi connectivity index (χ3n) is 2.13. The van der Waals surface area contributed by atoms with Crippen LogP contribution in [0.5, 0.6) is 0 Å². The standard InChI is InChI=1S/C11H20O3/c1-4-7-9(6-3)11(13)14-10(12)8-5-2/h9H,4-8H2,1-3H3. The number of ether oxygens (including phenoxy) is 1. The van der Waals surface area contributed by atoms with Gasteiger partial charge in [0.25, 0.3) is 0 Å². The highest BCUT2D eigenvalue weighted by Gasteiger charge is 2.19. The predicted octanol–water partition coefficient (Wildman–Crippen LogP) is 2.68. The first kappa shape index (κ1) is 13.1. The van der Waals surface area contributed by atoms with E-state index in [1.54, 1.807) is 0 Å². The van der Waals surface area contributed by atoms with E-state index in [2.05, 4.69) is 0 Å². The van der Waals surface area contributed by atoms with Crippen LogP contribution in [-0.2, 0) is 14.3 Å². The molecule has 3 heteroatoms. The highest BCUT2D eigenvalue weighted by Crippen LogP contribution is 2.13. The number of esters is 2. The van der Waals surface area contributed by atoms with Crippen molar-refractivity contribution in [3.63, 3.8) is 0 Å². The molecule has 0 aromatic rings. The Morgan fingerprint density at radius 1 is 1.14 bits per heavy atom. The van der Waals surface area contributed by atoms with Gasteiger partial charge in [0.2, 0.25) is 0 Å². The Morgan fingerprint density at radius 2 is 1.79 bits per heavy atom. The first-order valence-corrected chi connectivity index (χ1v) is 5.40. The van der Waals surface area contributed by atoms with Crippen molar-refractivity contribution >= 4 is 11.9 Å². The summed E-state index contributed by atoms with van der Waals surface area (Å²) >= 11 is 0. The van der Waals surface area contributed by atoms with Gasteiger partial charge in [0.15, 0.2) is 0 Å². The fourth-order valence-electron chi connectivity index (χ4n) is 1.29. The van der Waals surface area contributed by atoms with Crippen LogP contribution < -0.4 is 0 Å². The van der Waals surface area contributed by atoms with Gasteiger partial charge < -0.3 is 4.74 Å². The third kappa shape index (κ3) is 5.00. The van der Waals surface area contributed by atoms with E-state index < -0.39 is 5.97 Å². The summed E-state index contributed by atoms with van der Waals surface area (Å²) in [6.07, 6.45) is 3.53. The van der Waals surface area contributed by atoms with E-state index in [0.717, 1.165) is 25.7 Å². The van der Waals surface area contributed by atoms with Crippen LogP contribution in [0.15, 0.2) is 0 Å². The van der Waals surface area contributed by atoms with Crippen molar-refractivity contribution in [1.29, 1.82) is 0 Å². The van der Waals surface area contributed by atoms with E-state index in [1.807, 2.05) is 20.8 Å². The zero-order chi connectivity index (χ0) is 11.0. The molecule has 0 spiro atoms. The second-order valence-corrected chi connectivity index (χ2v) is 3.44. The molecular weight excluding hydrogens is 180 g/mol. The van der Waals surface area contributed by atoms with Gasteiger partial charge in [-0.25, -0.2) is 0 Å². The fourth-order valence-corrected chi connectivity index (χ4v) is 1.29. The molecule has 0 saturated carbocycles. The summed E-state index contributed by atoms with van der Waals surface area (Å²) in [7, 11) is 0. The molecule has 0 N–H and O–H groups in total. The van der Waals surface area contributed by atoms with Gasteiger partial charge in [-0.15, -0.1) is 0 Å². The fraction of sp³-hybridized carbons (Fsp3) is 0.818. The zero-order valence-corrected chi connectivity index (χ0v) is 9.34. The Balaban J connectivity index is 3.96. The molecule has 1 atom stereocenters. The van der Waals surface area contributed by atoms with Gasteiger partial charge in [0.05, 0.1) is 5.92 Å². The first-order valence-electron chi connectivity index (χ1n) is 5.40. The molecule has 0 aromatic heterocycles. The lowest BCUT2D eigenvalue weighted by Gasteiger charge is -2.11. The van der Waals surface area contributed by atoms with E-state index in [0.29, 0.717) is 6.42 Å². The summed E-state index contributed by atoms with van der Waals surface area (Å²) in [5.74, 6) is -0.861. The van der Waals surface area contributed by atoms with Crippen LogP contribution in [0.25, 0.3) is 0 Å². The molecule has 0 rings (SSSR count). The quantitative estimate of drug-likeness (QED) is 0.489. The Labute approximate surface area is 85.8 Å². The van der Waals surface area contributed by atoms with E-state index in [1.165, 1.54) is 0 Å². The molecule has 0 amide bonds. The molecule has 82 valence electrons. The van der Waals surface area contributed by atoms with Crippen LogP contribution in [0.2, 0.25) is 0 Å². The molecule has 1 unspecified atom stereocenters. The van der Waals surface area contributed by atoms with E-state index in [9.17, 15) is 9.59 Å². The van der Waals surface area contributed by atoms with Crippen LogP contribution in [0.3, 0.4) is 0 Å². The normalized spacial score (nSPS) is 12.2. The lowest BCUT2D eigenvalue weighted by Crippen LogP contribution is -2.20. The third-order valence-corrected chi connectivity index (χ3v) is 2.13. The zero-order valence-electron chi connectivity index (χ0n) is 9.34. The Bertz CT molecular complexity index is 187. The van der Waals surface area contributed by atoms with E-state index in [4.69, 9.17) is 4.74 Å². The van der Waals surface area contributed by atoms with Gasteiger partial charge in [-0.2, -0.15) is 0 Å². The minimum absolute atomic E-state index is 0.110. The monoisotopic (exact) mass is 200 g/mol. The van der Waals surface area contributed by atoms with Crippen molar-refractivity contribution in [2.45, 2.75) is 52.9 Å². The molecule has 0 aliphatic heterocycles. The van der Waals surface area contributed by atoms with E-state index in [-0.39, 0.29) is 11.9 Å². The van der Waals surface area contributed by atoms with Crippen LogP contribution in [0.1, 0.15) is 52.9 Å². The molecule has 0 radical (unpaired) electrons. The van der Waals surface area contributed by atoms with Crippen molar-refractivity contribution in [3.8, 4) is 0 Å².